The number of pyridine rings is 1. The lowest BCUT2D eigenvalue weighted by molar-refractivity contribution is -0.130. The van der Waals surface area contributed by atoms with Crippen LogP contribution in [0.3, 0.4) is 0 Å². The molecule has 4 rings (SSSR count). The second kappa shape index (κ2) is 6.78. The molecule has 0 atom stereocenters. The van der Waals surface area contributed by atoms with Crippen LogP contribution < -0.4 is 4.90 Å². The minimum absolute atomic E-state index is 0.178. The van der Waals surface area contributed by atoms with Gasteiger partial charge in [-0.2, -0.15) is 0 Å². The molecule has 0 saturated carbocycles. The number of aryl methyl sites for hydroxylation is 2. The van der Waals surface area contributed by atoms with E-state index in [0.717, 1.165) is 54.4 Å². The molecule has 0 N–H and O–H groups in total. The first-order valence-corrected chi connectivity index (χ1v) is 8.97. The number of amides is 1. The highest BCUT2D eigenvalue weighted by molar-refractivity contribution is 5.82. The second-order valence-corrected chi connectivity index (χ2v) is 6.77. The van der Waals surface area contributed by atoms with Crippen molar-refractivity contribution in [1.29, 1.82) is 0 Å². The Bertz CT molecular complexity index is 926. The van der Waals surface area contributed by atoms with E-state index in [2.05, 4.69) is 25.5 Å². The van der Waals surface area contributed by atoms with Gasteiger partial charge in [0.05, 0.1) is 17.5 Å². The molecule has 2 aromatic heterocycles. The zero-order valence-electron chi connectivity index (χ0n) is 15.2. The van der Waals surface area contributed by atoms with Crippen molar-refractivity contribution in [1.82, 2.24) is 19.4 Å². The van der Waals surface area contributed by atoms with Crippen molar-refractivity contribution in [2.24, 2.45) is 7.05 Å². The van der Waals surface area contributed by atoms with Crippen LogP contribution in [-0.4, -0.2) is 51.5 Å². The van der Waals surface area contributed by atoms with Crippen LogP contribution in [0.5, 0.6) is 0 Å². The molecule has 1 aromatic carbocycles. The number of hydrogen-bond donors (Lipinski definition) is 0. The van der Waals surface area contributed by atoms with Crippen LogP contribution in [0.15, 0.2) is 42.6 Å². The fourth-order valence-electron chi connectivity index (χ4n) is 3.49. The molecule has 0 radical (unpaired) electrons. The summed E-state index contributed by atoms with van der Waals surface area (Å²) in [6, 6.07) is 12.0. The highest BCUT2D eigenvalue weighted by Crippen LogP contribution is 2.18. The van der Waals surface area contributed by atoms with Gasteiger partial charge in [0.15, 0.2) is 0 Å². The number of carbonyl (C=O) groups is 1. The number of carbonyl (C=O) groups excluding carboxylic acids is 1. The van der Waals surface area contributed by atoms with E-state index in [4.69, 9.17) is 0 Å². The van der Waals surface area contributed by atoms with E-state index in [1.165, 1.54) is 0 Å². The van der Waals surface area contributed by atoms with Crippen molar-refractivity contribution in [3.8, 4) is 0 Å². The van der Waals surface area contributed by atoms with Gasteiger partial charge in [0.25, 0.3) is 0 Å². The molecule has 1 fully saturated rings. The van der Waals surface area contributed by atoms with Crippen LogP contribution in [0, 0.1) is 6.92 Å². The van der Waals surface area contributed by atoms with Crippen molar-refractivity contribution in [3.05, 3.63) is 54.0 Å². The van der Waals surface area contributed by atoms with Crippen LogP contribution in [0.2, 0.25) is 0 Å². The highest BCUT2D eigenvalue weighted by Gasteiger charge is 2.22. The van der Waals surface area contributed by atoms with Gasteiger partial charge in [-0.15, -0.1) is 0 Å². The minimum Gasteiger partial charge on any atom is -0.353 e. The Hall–Kier alpha value is -2.89. The summed E-state index contributed by atoms with van der Waals surface area (Å²) < 4.78 is 2.07. The largest absolute Gasteiger partial charge is 0.353 e. The number of benzene rings is 1. The summed E-state index contributed by atoms with van der Waals surface area (Å²) in [5, 5.41) is 0. The Kier molecular flexibility index (Phi) is 4.32. The van der Waals surface area contributed by atoms with E-state index < -0.39 is 0 Å². The average Bonchev–Trinajstić information content (AvgIpc) is 2.96. The van der Waals surface area contributed by atoms with Gasteiger partial charge in [-0.1, -0.05) is 12.1 Å². The molecular weight excluding hydrogens is 326 g/mol. The molecule has 0 aliphatic carbocycles. The van der Waals surface area contributed by atoms with Crippen molar-refractivity contribution in [2.45, 2.75) is 13.3 Å². The molecule has 6 nitrogen and oxygen atoms in total. The van der Waals surface area contributed by atoms with E-state index >= 15 is 0 Å². The van der Waals surface area contributed by atoms with E-state index in [0.29, 0.717) is 6.42 Å². The Morgan fingerprint density at radius 2 is 1.92 bits per heavy atom. The number of anilines is 1. The van der Waals surface area contributed by atoms with Gasteiger partial charge < -0.3 is 14.4 Å². The number of imidazole rings is 1. The summed E-state index contributed by atoms with van der Waals surface area (Å²) in [4.78, 5) is 25.8. The minimum atomic E-state index is 0.178. The number of hydrogen-bond acceptors (Lipinski definition) is 4. The fraction of sp³-hybridized carbons (Fsp3) is 0.350. The highest BCUT2D eigenvalue weighted by atomic mass is 16.2. The first-order valence-electron chi connectivity index (χ1n) is 8.97. The molecule has 3 aromatic rings. The van der Waals surface area contributed by atoms with Gasteiger partial charge in [0.2, 0.25) is 5.91 Å². The molecule has 3 heterocycles. The van der Waals surface area contributed by atoms with Crippen molar-refractivity contribution >= 4 is 22.8 Å². The second-order valence-electron chi connectivity index (χ2n) is 6.77. The number of rotatable bonds is 3. The summed E-state index contributed by atoms with van der Waals surface area (Å²) in [5.41, 5.74) is 3.07. The lowest BCUT2D eigenvalue weighted by Gasteiger charge is -2.35. The van der Waals surface area contributed by atoms with Gasteiger partial charge in [-0.05, 0) is 36.8 Å². The predicted molar refractivity (Wildman–Crippen MR) is 102 cm³/mol. The number of fused-ring (bicyclic) bond motifs is 1. The van der Waals surface area contributed by atoms with Gasteiger partial charge in [-0.3, -0.25) is 4.79 Å². The summed E-state index contributed by atoms with van der Waals surface area (Å²) >= 11 is 0. The van der Waals surface area contributed by atoms with Crippen LogP contribution in [0.4, 0.5) is 5.82 Å². The van der Waals surface area contributed by atoms with E-state index in [1.54, 1.807) is 0 Å². The molecule has 0 spiro atoms. The SMILES string of the molecule is Cc1nc2cc(CC(=O)N3CCN(c4ccccn4)CC3)ccc2n1C. The summed E-state index contributed by atoms with van der Waals surface area (Å²) in [7, 11) is 2.01. The summed E-state index contributed by atoms with van der Waals surface area (Å²) in [6.07, 6.45) is 2.23. The van der Waals surface area contributed by atoms with Crippen LogP contribution in [0.1, 0.15) is 11.4 Å². The molecule has 1 saturated heterocycles. The van der Waals surface area contributed by atoms with E-state index in [9.17, 15) is 4.79 Å². The van der Waals surface area contributed by atoms with E-state index in [1.807, 2.05) is 55.4 Å². The maximum Gasteiger partial charge on any atom is 0.227 e. The van der Waals surface area contributed by atoms with Gasteiger partial charge in [0, 0.05) is 39.4 Å². The maximum atomic E-state index is 12.7. The first-order chi connectivity index (χ1) is 12.6. The molecule has 0 bridgehead atoms. The van der Waals surface area contributed by atoms with E-state index in [-0.39, 0.29) is 5.91 Å². The smallest absolute Gasteiger partial charge is 0.227 e. The van der Waals surface area contributed by atoms with Crippen molar-refractivity contribution in [2.75, 3.05) is 31.1 Å². The molecule has 134 valence electrons. The Balaban J connectivity index is 1.40. The number of aromatic nitrogens is 3. The third-order valence-corrected chi connectivity index (χ3v) is 5.13. The third kappa shape index (κ3) is 3.14. The topological polar surface area (TPSA) is 54.3 Å². The molecule has 6 heteroatoms. The van der Waals surface area contributed by atoms with Crippen molar-refractivity contribution < 1.29 is 4.79 Å². The Morgan fingerprint density at radius 1 is 1.12 bits per heavy atom. The predicted octanol–water partition coefficient (Wildman–Crippen LogP) is 2.17. The Labute approximate surface area is 153 Å². The summed E-state index contributed by atoms with van der Waals surface area (Å²) in [6.45, 7) is 5.11. The molecular formula is C20H23N5O. The molecule has 1 amide bonds. The van der Waals surface area contributed by atoms with Gasteiger partial charge in [0.1, 0.15) is 11.6 Å². The quantitative estimate of drug-likeness (QED) is 0.727. The van der Waals surface area contributed by atoms with Crippen LogP contribution in [0.25, 0.3) is 11.0 Å². The zero-order valence-corrected chi connectivity index (χ0v) is 15.2. The lowest BCUT2D eigenvalue weighted by Crippen LogP contribution is -2.49. The average molecular weight is 349 g/mol. The van der Waals surface area contributed by atoms with Gasteiger partial charge >= 0.3 is 0 Å². The molecule has 1 aliphatic heterocycles. The number of nitrogens with zero attached hydrogens (tertiary/aromatic N) is 5. The van der Waals surface area contributed by atoms with Crippen LogP contribution in [-0.2, 0) is 18.3 Å². The summed E-state index contributed by atoms with van der Waals surface area (Å²) in [5.74, 6) is 2.14. The maximum absolute atomic E-state index is 12.7. The lowest BCUT2D eigenvalue weighted by atomic mass is 10.1. The standard InChI is InChI=1S/C20H23N5O/c1-15-22-17-13-16(6-7-18(17)23(15)2)14-20(26)25-11-9-24(10-12-25)19-5-3-4-8-21-19/h3-8,13H,9-12,14H2,1-2H3. The molecule has 1 aliphatic rings. The number of piperazine rings is 1. The van der Waals surface area contributed by atoms with Crippen molar-refractivity contribution in [3.63, 3.8) is 0 Å². The fourth-order valence-corrected chi connectivity index (χ4v) is 3.49. The first kappa shape index (κ1) is 16.6. The monoisotopic (exact) mass is 349 g/mol. The third-order valence-electron chi connectivity index (χ3n) is 5.13. The Morgan fingerprint density at radius 3 is 2.65 bits per heavy atom. The molecule has 0 unspecified atom stereocenters. The van der Waals surface area contributed by atoms with Crippen LogP contribution >= 0.6 is 0 Å². The normalized spacial score (nSPS) is 14.8. The van der Waals surface area contributed by atoms with Gasteiger partial charge in [-0.25, -0.2) is 9.97 Å². The zero-order chi connectivity index (χ0) is 18.1. The molecule has 26 heavy (non-hydrogen) atoms.